The summed E-state index contributed by atoms with van der Waals surface area (Å²) < 4.78 is 0. The Morgan fingerprint density at radius 3 is 1.95 bits per heavy atom. The summed E-state index contributed by atoms with van der Waals surface area (Å²) in [4.78, 5) is 0. The highest BCUT2D eigenvalue weighted by Crippen LogP contribution is 2.26. The van der Waals surface area contributed by atoms with Gasteiger partial charge in [-0.25, -0.2) is 0 Å². The van der Waals surface area contributed by atoms with E-state index in [0.29, 0.717) is 12.0 Å². The Kier molecular flexibility index (Phi) is 5.58. The molecular weight excluding hydrogens is 280 g/mol. The van der Waals surface area contributed by atoms with Crippen molar-refractivity contribution in [2.24, 2.45) is 5.92 Å². The zero-order chi connectivity index (χ0) is 15.9. The van der Waals surface area contributed by atoms with E-state index in [4.69, 9.17) is 0 Å². The molecule has 0 radical (unpaired) electrons. The second kappa shape index (κ2) is 7.64. The fraction of sp³-hybridized carbons (Fsp3) is 0.222. The fourth-order valence-electron chi connectivity index (χ4n) is 2.21. The summed E-state index contributed by atoms with van der Waals surface area (Å²) in [6.45, 7) is -0.137. The summed E-state index contributed by atoms with van der Waals surface area (Å²) in [5.41, 5.74) is 1.60. The Morgan fingerprint density at radius 1 is 0.864 bits per heavy atom. The number of aromatic hydroxyl groups is 2. The summed E-state index contributed by atoms with van der Waals surface area (Å²) in [6.07, 6.45) is 3.48. The zero-order valence-electron chi connectivity index (χ0n) is 12.1. The molecule has 4 nitrogen and oxygen atoms in total. The lowest BCUT2D eigenvalue weighted by Gasteiger charge is -2.20. The van der Waals surface area contributed by atoms with Crippen molar-refractivity contribution in [3.05, 3.63) is 65.7 Å². The highest BCUT2D eigenvalue weighted by atomic mass is 16.3. The van der Waals surface area contributed by atoms with E-state index in [1.165, 1.54) is 12.1 Å². The third-order valence-electron chi connectivity index (χ3n) is 3.56. The quantitative estimate of drug-likeness (QED) is 0.661. The second-order valence-corrected chi connectivity index (χ2v) is 5.21. The van der Waals surface area contributed by atoms with Gasteiger partial charge in [0.1, 0.15) is 11.5 Å². The van der Waals surface area contributed by atoms with Gasteiger partial charge < -0.3 is 20.4 Å². The Morgan fingerprint density at radius 2 is 1.41 bits per heavy atom. The van der Waals surface area contributed by atoms with Gasteiger partial charge in [0.05, 0.1) is 6.10 Å². The maximum absolute atomic E-state index is 10.3. The van der Waals surface area contributed by atoms with E-state index in [0.717, 1.165) is 5.56 Å². The highest BCUT2D eigenvalue weighted by molar-refractivity contribution is 5.50. The number of hydrogen-bond acceptors (Lipinski definition) is 4. The monoisotopic (exact) mass is 300 g/mol. The van der Waals surface area contributed by atoms with Gasteiger partial charge in [-0.3, -0.25) is 0 Å². The van der Waals surface area contributed by atoms with E-state index in [1.807, 2.05) is 12.2 Å². The molecule has 2 aromatic rings. The van der Waals surface area contributed by atoms with Gasteiger partial charge in [0.25, 0.3) is 0 Å². The molecule has 2 atom stereocenters. The van der Waals surface area contributed by atoms with Gasteiger partial charge in [0, 0.05) is 12.5 Å². The third-order valence-corrected chi connectivity index (χ3v) is 3.56. The van der Waals surface area contributed by atoms with Crippen molar-refractivity contribution in [3.8, 4) is 11.5 Å². The molecule has 0 heterocycles. The standard InChI is InChI=1S/C18H20O4/c19-12-15(18(22)14-6-10-17(21)11-7-14)3-1-2-13-4-8-16(20)9-5-13/h1-2,4-11,15,18-22H,3,12H2/t15-,18+/m1/s1. The number of aliphatic hydroxyl groups excluding tert-OH is 2. The smallest absolute Gasteiger partial charge is 0.115 e. The Balaban J connectivity index is 1.99. The lowest BCUT2D eigenvalue weighted by Crippen LogP contribution is -2.15. The molecule has 4 heteroatoms. The number of phenolic OH excluding ortho intramolecular Hbond substituents is 2. The predicted octanol–water partition coefficient (Wildman–Crippen LogP) is 2.84. The van der Waals surface area contributed by atoms with Gasteiger partial charge in [-0.2, -0.15) is 0 Å². The average molecular weight is 300 g/mol. The minimum absolute atomic E-state index is 0.137. The molecule has 0 aliphatic carbocycles. The molecule has 0 aliphatic heterocycles. The van der Waals surface area contributed by atoms with Gasteiger partial charge in [0.15, 0.2) is 0 Å². The van der Waals surface area contributed by atoms with Crippen molar-refractivity contribution in [1.29, 1.82) is 0 Å². The van der Waals surface area contributed by atoms with E-state index < -0.39 is 6.10 Å². The SMILES string of the molecule is OC[C@@H](CC=Cc1ccc(O)cc1)[C@@H](O)c1ccc(O)cc1. The molecule has 22 heavy (non-hydrogen) atoms. The van der Waals surface area contributed by atoms with Crippen LogP contribution in [0.4, 0.5) is 0 Å². The Bertz CT molecular complexity index is 602. The first-order chi connectivity index (χ1) is 10.6. The van der Waals surface area contributed by atoms with E-state index in [-0.39, 0.29) is 24.0 Å². The fourth-order valence-corrected chi connectivity index (χ4v) is 2.21. The van der Waals surface area contributed by atoms with Gasteiger partial charge in [0.2, 0.25) is 0 Å². The topological polar surface area (TPSA) is 80.9 Å². The molecule has 4 N–H and O–H groups in total. The van der Waals surface area contributed by atoms with Crippen LogP contribution in [0.25, 0.3) is 6.08 Å². The maximum Gasteiger partial charge on any atom is 0.115 e. The molecule has 0 amide bonds. The number of phenols is 2. The predicted molar refractivity (Wildman–Crippen MR) is 85.4 cm³/mol. The van der Waals surface area contributed by atoms with Crippen LogP contribution < -0.4 is 0 Å². The average Bonchev–Trinajstić information content (AvgIpc) is 2.53. The summed E-state index contributed by atoms with van der Waals surface area (Å²) in [7, 11) is 0. The Labute approximate surface area is 129 Å². The molecule has 0 saturated carbocycles. The number of hydrogen-bond donors (Lipinski definition) is 4. The van der Waals surface area contributed by atoms with Crippen molar-refractivity contribution in [3.63, 3.8) is 0 Å². The molecule has 2 aromatic carbocycles. The summed E-state index contributed by atoms with van der Waals surface area (Å²) in [5.74, 6) is 0.0368. The first kappa shape index (κ1) is 16.1. The van der Waals surface area contributed by atoms with E-state index in [1.54, 1.807) is 36.4 Å². The molecule has 0 saturated heterocycles. The van der Waals surface area contributed by atoms with Crippen LogP contribution in [0.1, 0.15) is 23.7 Å². The third kappa shape index (κ3) is 4.35. The minimum Gasteiger partial charge on any atom is -0.508 e. The number of aliphatic hydroxyl groups is 2. The van der Waals surface area contributed by atoms with Crippen molar-refractivity contribution < 1.29 is 20.4 Å². The lowest BCUT2D eigenvalue weighted by molar-refractivity contribution is 0.0684. The first-order valence-electron chi connectivity index (χ1n) is 7.13. The number of allylic oxidation sites excluding steroid dienone is 1. The van der Waals surface area contributed by atoms with Crippen molar-refractivity contribution in [2.45, 2.75) is 12.5 Å². The van der Waals surface area contributed by atoms with Crippen LogP contribution in [0.5, 0.6) is 11.5 Å². The van der Waals surface area contributed by atoms with E-state index in [9.17, 15) is 20.4 Å². The van der Waals surface area contributed by atoms with Crippen LogP contribution in [-0.4, -0.2) is 27.0 Å². The highest BCUT2D eigenvalue weighted by Gasteiger charge is 2.18. The van der Waals surface area contributed by atoms with Crippen LogP contribution in [0.2, 0.25) is 0 Å². The van der Waals surface area contributed by atoms with E-state index >= 15 is 0 Å². The summed E-state index contributed by atoms with van der Waals surface area (Å²) >= 11 is 0. The molecular formula is C18H20O4. The van der Waals surface area contributed by atoms with Crippen LogP contribution in [0.3, 0.4) is 0 Å². The van der Waals surface area contributed by atoms with Crippen LogP contribution >= 0.6 is 0 Å². The molecule has 0 spiro atoms. The van der Waals surface area contributed by atoms with Crippen molar-refractivity contribution >= 4 is 6.08 Å². The van der Waals surface area contributed by atoms with Crippen LogP contribution in [0.15, 0.2) is 54.6 Å². The maximum atomic E-state index is 10.3. The molecule has 0 aliphatic rings. The molecule has 0 unspecified atom stereocenters. The minimum atomic E-state index is -0.796. The van der Waals surface area contributed by atoms with Crippen molar-refractivity contribution in [1.82, 2.24) is 0 Å². The largest absolute Gasteiger partial charge is 0.508 e. The summed E-state index contributed by atoms with van der Waals surface area (Å²) in [6, 6.07) is 13.1. The normalized spacial score (nSPS) is 14.1. The summed E-state index contributed by atoms with van der Waals surface area (Å²) in [5, 5.41) is 38.2. The molecule has 116 valence electrons. The molecule has 0 bridgehead atoms. The van der Waals surface area contributed by atoms with Gasteiger partial charge in [-0.05, 0) is 41.8 Å². The van der Waals surface area contributed by atoms with E-state index in [2.05, 4.69) is 0 Å². The van der Waals surface area contributed by atoms with Gasteiger partial charge in [-0.1, -0.05) is 36.4 Å². The number of benzene rings is 2. The zero-order valence-corrected chi connectivity index (χ0v) is 12.1. The number of rotatable bonds is 6. The van der Waals surface area contributed by atoms with Gasteiger partial charge in [-0.15, -0.1) is 0 Å². The van der Waals surface area contributed by atoms with Crippen LogP contribution in [-0.2, 0) is 0 Å². The second-order valence-electron chi connectivity index (χ2n) is 5.21. The van der Waals surface area contributed by atoms with Crippen LogP contribution in [0, 0.1) is 5.92 Å². The first-order valence-corrected chi connectivity index (χ1v) is 7.13. The lowest BCUT2D eigenvalue weighted by atomic mass is 9.93. The Hall–Kier alpha value is -2.30. The molecule has 2 rings (SSSR count). The molecule has 0 fully saturated rings. The van der Waals surface area contributed by atoms with Gasteiger partial charge >= 0.3 is 0 Å². The molecule has 0 aromatic heterocycles. The van der Waals surface area contributed by atoms with Crippen molar-refractivity contribution in [2.75, 3.05) is 6.61 Å².